The van der Waals surface area contributed by atoms with Crippen molar-refractivity contribution < 1.29 is 39.1 Å². The Balaban J connectivity index is 1.19. The van der Waals surface area contributed by atoms with Gasteiger partial charge in [-0.05, 0) is 29.3 Å². The van der Waals surface area contributed by atoms with E-state index in [1.807, 2.05) is 30.3 Å². The molecule has 1 fully saturated rings. The van der Waals surface area contributed by atoms with Crippen molar-refractivity contribution >= 4 is 47.1 Å². The molecule has 2 aliphatic rings. The third kappa shape index (κ3) is 6.23. The van der Waals surface area contributed by atoms with Crippen LogP contribution in [0.15, 0.2) is 89.2 Å². The molecule has 0 spiro atoms. The quantitative estimate of drug-likeness (QED) is 0.103. The van der Waals surface area contributed by atoms with Crippen molar-refractivity contribution in [3.8, 4) is 11.5 Å². The van der Waals surface area contributed by atoms with Crippen molar-refractivity contribution in [1.82, 2.24) is 10.2 Å². The van der Waals surface area contributed by atoms with Gasteiger partial charge in [-0.3, -0.25) is 19.3 Å². The number of rotatable bonds is 10. The molecule has 2 atom stereocenters. The number of thioether (sulfide) groups is 2. The second kappa shape index (κ2) is 12.1. The van der Waals surface area contributed by atoms with Gasteiger partial charge in [0.05, 0.1) is 18.1 Å². The number of amides is 2. The van der Waals surface area contributed by atoms with Crippen molar-refractivity contribution in [1.29, 1.82) is 0 Å². The summed E-state index contributed by atoms with van der Waals surface area (Å²) in [6, 6.07) is 15.8. The summed E-state index contributed by atoms with van der Waals surface area (Å²) in [6.07, 6.45) is 3.54. The number of phenols is 2. The molecule has 0 aliphatic carbocycles. The third-order valence-electron chi connectivity index (χ3n) is 6.66. The molecule has 3 aromatic rings. The van der Waals surface area contributed by atoms with E-state index in [9.17, 15) is 34.5 Å². The number of carbonyl (C=O) groups is 4. The van der Waals surface area contributed by atoms with Crippen LogP contribution in [0.3, 0.4) is 0 Å². The highest BCUT2D eigenvalue weighted by Crippen LogP contribution is 2.41. The average molecular weight is 592 g/mol. The molecule has 1 saturated heterocycles. The predicted molar refractivity (Wildman–Crippen MR) is 149 cm³/mol. The Morgan fingerprint density at radius 3 is 2.46 bits per heavy atom. The van der Waals surface area contributed by atoms with Gasteiger partial charge in [-0.25, -0.2) is 0 Å². The molecule has 210 valence electrons. The highest BCUT2D eigenvalue weighted by molar-refractivity contribution is 8.01. The van der Waals surface area contributed by atoms with E-state index in [1.54, 1.807) is 29.1 Å². The molecule has 0 bridgehead atoms. The summed E-state index contributed by atoms with van der Waals surface area (Å²) in [4.78, 5) is 52.0. The average Bonchev–Trinajstić information content (AvgIpc) is 2.96. The van der Waals surface area contributed by atoms with Crippen LogP contribution in [0.5, 0.6) is 11.5 Å². The fraction of sp³-hybridized carbons (Fsp3) is 0.207. The highest BCUT2D eigenvalue weighted by Gasteiger charge is 2.52. The van der Waals surface area contributed by atoms with Gasteiger partial charge in [-0.2, -0.15) is 4.57 Å². The second-order valence-corrected chi connectivity index (χ2v) is 11.6. The van der Waals surface area contributed by atoms with Crippen LogP contribution >= 0.6 is 23.5 Å². The molecule has 5 rings (SSSR count). The monoisotopic (exact) mass is 591 g/mol. The minimum atomic E-state index is -1.43. The number of hydrogen-bond donors (Lipinski definition) is 3. The van der Waals surface area contributed by atoms with Crippen LogP contribution < -0.4 is 15.0 Å². The number of nitrogens with one attached hydrogen (secondary N) is 1. The largest absolute Gasteiger partial charge is 0.543 e. The van der Waals surface area contributed by atoms with E-state index in [-0.39, 0.29) is 47.4 Å². The Morgan fingerprint density at radius 2 is 1.78 bits per heavy atom. The van der Waals surface area contributed by atoms with Crippen molar-refractivity contribution in [2.75, 3.05) is 11.5 Å². The van der Waals surface area contributed by atoms with Gasteiger partial charge in [-0.1, -0.05) is 30.3 Å². The van der Waals surface area contributed by atoms with E-state index in [2.05, 4.69) is 5.32 Å². The first-order valence-electron chi connectivity index (χ1n) is 12.6. The summed E-state index contributed by atoms with van der Waals surface area (Å²) in [5.74, 6) is -2.45. The maximum absolute atomic E-state index is 12.9. The number of hydrogen-bond acceptors (Lipinski definition) is 9. The molecule has 41 heavy (non-hydrogen) atoms. The van der Waals surface area contributed by atoms with Crippen LogP contribution in [-0.4, -0.2) is 61.6 Å². The number of ketones is 1. The highest BCUT2D eigenvalue weighted by atomic mass is 32.2. The van der Waals surface area contributed by atoms with Crippen molar-refractivity contribution in [3.63, 3.8) is 0 Å². The van der Waals surface area contributed by atoms with E-state index in [0.717, 1.165) is 10.5 Å². The lowest BCUT2D eigenvalue weighted by molar-refractivity contribution is -0.683. The maximum atomic E-state index is 12.9. The Morgan fingerprint density at radius 1 is 1.05 bits per heavy atom. The molecular weight excluding hydrogens is 566 g/mol. The normalized spacial score (nSPS) is 18.0. The molecule has 0 unspecified atom stereocenters. The minimum Gasteiger partial charge on any atom is -0.543 e. The van der Waals surface area contributed by atoms with Crippen LogP contribution in [0, 0.1) is 0 Å². The predicted octanol–water partition coefficient (Wildman–Crippen LogP) is 1.01. The molecule has 10 nitrogen and oxygen atoms in total. The molecule has 0 saturated carbocycles. The standard InChI is InChI=1S/C29H25N3O7S2/c33-21-7-6-18(13-22(21)34)23(35)14-31-10-8-20(9-11-31)40-15-19-16-41-28-25(27(37)32(28)26(19)29(38)39)30-24(36)12-17-4-2-1-3-5-17/h1-11,13,25,28H,12,14-16H2,(H3-,30,33,34,35,36,38,39)/t25-,28-/m1/s1. The van der Waals surface area contributed by atoms with Gasteiger partial charge >= 0.3 is 0 Å². The van der Waals surface area contributed by atoms with E-state index >= 15 is 0 Å². The molecule has 2 aliphatic heterocycles. The number of β-lactam (4-membered cyclic amide) rings is 1. The first kappa shape index (κ1) is 28.2. The van der Waals surface area contributed by atoms with Crippen molar-refractivity contribution in [2.45, 2.75) is 29.3 Å². The molecule has 1 aromatic heterocycles. The summed E-state index contributed by atoms with van der Waals surface area (Å²) in [5.41, 5.74) is 1.49. The zero-order valence-electron chi connectivity index (χ0n) is 21.6. The van der Waals surface area contributed by atoms with Crippen molar-refractivity contribution in [2.24, 2.45) is 0 Å². The zero-order valence-corrected chi connectivity index (χ0v) is 23.2. The molecule has 3 heterocycles. The first-order valence-corrected chi connectivity index (χ1v) is 14.6. The summed E-state index contributed by atoms with van der Waals surface area (Å²) in [6.45, 7) is 0.0211. The minimum absolute atomic E-state index is 0.0211. The smallest absolute Gasteiger partial charge is 0.253 e. The molecular formula is C29H25N3O7S2. The summed E-state index contributed by atoms with van der Waals surface area (Å²) in [7, 11) is 0. The number of carboxylic acids is 1. The number of aromatic nitrogens is 1. The topological polar surface area (TPSA) is 151 Å². The Labute approximate surface area is 243 Å². The number of aromatic hydroxyl groups is 2. The Kier molecular flexibility index (Phi) is 8.31. The molecule has 12 heteroatoms. The summed E-state index contributed by atoms with van der Waals surface area (Å²) >= 11 is 2.79. The van der Waals surface area contributed by atoms with E-state index in [0.29, 0.717) is 17.1 Å². The molecule has 0 radical (unpaired) electrons. The van der Waals surface area contributed by atoms with Crippen LogP contribution in [-0.2, 0) is 27.3 Å². The number of aliphatic carboxylic acids is 1. The Hall–Kier alpha value is -4.29. The summed E-state index contributed by atoms with van der Waals surface area (Å²) in [5, 5.41) is 33.3. The lowest BCUT2D eigenvalue weighted by atomic mass is 10.0. The fourth-order valence-corrected chi connectivity index (χ4v) is 6.93. The fourth-order valence-electron chi connectivity index (χ4n) is 4.56. The Bertz CT molecular complexity index is 1540. The molecule has 3 N–H and O–H groups in total. The van der Waals surface area contributed by atoms with Gasteiger partial charge < -0.3 is 25.4 Å². The van der Waals surface area contributed by atoms with Crippen LogP contribution in [0.4, 0.5) is 0 Å². The molecule has 2 aromatic carbocycles. The van der Waals surface area contributed by atoms with Gasteiger partial charge in [0.25, 0.3) is 5.91 Å². The van der Waals surface area contributed by atoms with Gasteiger partial charge in [0.15, 0.2) is 23.9 Å². The molecule has 2 amide bonds. The van der Waals surface area contributed by atoms with E-state index < -0.39 is 23.3 Å². The number of carbonyl (C=O) groups excluding carboxylic acids is 4. The van der Waals surface area contributed by atoms with E-state index in [4.69, 9.17) is 0 Å². The lowest BCUT2D eigenvalue weighted by Crippen LogP contribution is -2.71. The van der Waals surface area contributed by atoms with Crippen LogP contribution in [0.1, 0.15) is 15.9 Å². The second-order valence-electron chi connectivity index (χ2n) is 9.48. The number of nitrogens with zero attached hydrogens (tertiary/aromatic N) is 2. The van der Waals surface area contributed by atoms with Gasteiger partial charge in [0, 0.05) is 34.1 Å². The van der Waals surface area contributed by atoms with Crippen LogP contribution in [0.2, 0.25) is 0 Å². The van der Waals surface area contributed by atoms with Crippen LogP contribution in [0.25, 0.3) is 0 Å². The first-order chi connectivity index (χ1) is 19.7. The SMILES string of the molecule is O=C(Cc1ccccc1)N[C@@H]1C(=O)N2C(C(=O)[O-])=C(CSc3cc[n+](CC(=O)c4ccc(O)c(O)c4)cc3)CS[C@H]12. The van der Waals surface area contributed by atoms with E-state index in [1.165, 1.54) is 46.6 Å². The number of Topliss-reactive ketones (excluding diaryl/α,β-unsaturated/α-hetero) is 1. The number of pyridine rings is 1. The van der Waals surface area contributed by atoms with Gasteiger partial charge in [0.1, 0.15) is 11.4 Å². The summed E-state index contributed by atoms with van der Waals surface area (Å²) < 4.78 is 1.66. The van der Waals surface area contributed by atoms with Gasteiger partial charge in [-0.15, -0.1) is 23.5 Å². The number of carboxylic acid groups (broad SMARTS) is 1. The number of benzene rings is 2. The number of phenolic OH excluding ortho intramolecular Hbond substituents is 2. The maximum Gasteiger partial charge on any atom is 0.253 e. The van der Waals surface area contributed by atoms with Gasteiger partial charge in [0.2, 0.25) is 18.2 Å². The lowest BCUT2D eigenvalue weighted by Gasteiger charge is -2.50. The third-order valence-corrected chi connectivity index (χ3v) is 9.10. The van der Waals surface area contributed by atoms with Crippen molar-refractivity contribution in [3.05, 3.63) is 95.5 Å². The zero-order chi connectivity index (χ0) is 29.1. The number of fused-ring (bicyclic) bond motifs is 1.